The molecule has 1 amide bonds. The van der Waals surface area contributed by atoms with Gasteiger partial charge in [0.2, 0.25) is 5.91 Å². The van der Waals surface area contributed by atoms with Crippen molar-refractivity contribution in [2.75, 3.05) is 26.2 Å². The fourth-order valence-electron chi connectivity index (χ4n) is 2.08. The Labute approximate surface area is 118 Å². The molecule has 1 rings (SSSR count). The van der Waals surface area contributed by atoms with Crippen molar-refractivity contribution in [3.63, 3.8) is 0 Å². The lowest BCUT2D eigenvalue weighted by Gasteiger charge is -2.30. The molecule has 0 aliphatic carbocycles. The highest BCUT2D eigenvalue weighted by Crippen LogP contribution is 2.17. The lowest BCUT2D eigenvalue weighted by atomic mass is 9.97. The standard InChI is InChI=1S/C13H22N2O5/c1-3-20-13(19)9(2)14-8-11(16)15-6-4-10(5-7-15)12(17)18/h9-10,14H,3-8H2,1-2H3,(H,17,18). The van der Waals surface area contributed by atoms with E-state index in [2.05, 4.69) is 5.32 Å². The number of hydrogen-bond acceptors (Lipinski definition) is 5. The van der Waals surface area contributed by atoms with Crippen molar-refractivity contribution in [3.8, 4) is 0 Å². The molecule has 1 unspecified atom stereocenters. The fraction of sp³-hybridized carbons (Fsp3) is 0.769. The number of rotatable bonds is 6. The van der Waals surface area contributed by atoms with E-state index < -0.39 is 12.0 Å². The fourth-order valence-corrected chi connectivity index (χ4v) is 2.08. The van der Waals surface area contributed by atoms with Crippen LogP contribution >= 0.6 is 0 Å². The van der Waals surface area contributed by atoms with Crippen LogP contribution in [0, 0.1) is 5.92 Å². The summed E-state index contributed by atoms with van der Waals surface area (Å²) in [5.74, 6) is -1.66. The minimum atomic E-state index is -0.800. The van der Waals surface area contributed by atoms with Gasteiger partial charge < -0.3 is 14.7 Å². The third-order valence-electron chi connectivity index (χ3n) is 3.40. The topological polar surface area (TPSA) is 95.9 Å². The number of carboxylic acids is 1. The van der Waals surface area contributed by atoms with Gasteiger partial charge in [0.1, 0.15) is 6.04 Å². The van der Waals surface area contributed by atoms with Crippen LogP contribution in [-0.2, 0) is 19.1 Å². The van der Waals surface area contributed by atoms with Crippen LogP contribution < -0.4 is 5.32 Å². The molecule has 0 aromatic carbocycles. The largest absolute Gasteiger partial charge is 0.481 e. The molecule has 0 spiro atoms. The lowest BCUT2D eigenvalue weighted by molar-refractivity contribution is -0.147. The van der Waals surface area contributed by atoms with E-state index in [-0.39, 0.29) is 24.3 Å². The predicted octanol–water partition coefficient (Wildman–Crippen LogP) is -0.149. The molecule has 1 aliphatic rings. The predicted molar refractivity (Wildman–Crippen MR) is 71.0 cm³/mol. The minimum Gasteiger partial charge on any atom is -0.481 e. The molecule has 0 bridgehead atoms. The van der Waals surface area contributed by atoms with Gasteiger partial charge in [-0.25, -0.2) is 0 Å². The van der Waals surface area contributed by atoms with E-state index in [1.165, 1.54) is 0 Å². The number of nitrogens with zero attached hydrogens (tertiary/aromatic N) is 1. The first-order chi connectivity index (χ1) is 9.45. The first kappa shape index (κ1) is 16.4. The summed E-state index contributed by atoms with van der Waals surface area (Å²) < 4.78 is 4.83. The zero-order valence-electron chi connectivity index (χ0n) is 11.9. The van der Waals surface area contributed by atoms with Crippen LogP contribution in [0.1, 0.15) is 26.7 Å². The smallest absolute Gasteiger partial charge is 0.322 e. The Hall–Kier alpha value is -1.63. The van der Waals surface area contributed by atoms with Gasteiger partial charge >= 0.3 is 11.9 Å². The van der Waals surface area contributed by atoms with Crippen molar-refractivity contribution in [1.82, 2.24) is 10.2 Å². The molecule has 1 fully saturated rings. The summed E-state index contributed by atoms with van der Waals surface area (Å²) in [4.78, 5) is 35.7. The molecule has 1 saturated heterocycles. The number of amides is 1. The summed E-state index contributed by atoms with van der Waals surface area (Å²) in [6.07, 6.45) is 0.961. The second-order valence-electron chi connectivity index (χ2n) is 4.85. The average molecular weight is 286 g/mol. The molecule has 0 radical (unpaired) electrons. The number of nitrogens with one attached hydrogen (secondary N) is 1. The van der Waals surface area contributed by atoms with E-state index >= 15 is 0 Å². The van der Waals surface area contributed by atoms with Crippen molar-refractivity contribution in [2.45, 2.75) is 32.7 Å². The molecule has 1 atom stereocenters. The maximum absolute atomic E-state index is 11.9. The number of aliphatic carboxylic acids is 1. The van der Waals surface area contributed by atoms with Gasteiger partial charge in [0.05, 0.1) is 19.1 Å². The van der Waals surface area contributed by atoms with Crippen molar-refractivity contribution >= 4 is 17.8 Å². The van der Waals surface area contributed by atoms with Gasteiger partial charge in [0, 0.05) is 13.1 Å². The van der Waals surface area contributed by atoms with E-state index in [1.54, 1.807) is 18.7 Å². The number of hydrogen-bond donors (Lipinski definition) is 2. The number of likely N-dealkylation sites (tertiary alicyclic amines) is 1. The Morgan fingerprint density at radius 3 is 2.45 bits per heavy atom. The van der Waals surface area contributed by atoms with Gasteiger partial charge in [0.25, 0.3) is 0 Å². The van der Waals surface area contributed by atoms with Crippen LogP contribution in [0.3, 0.4) is 0 Å². The number of esters is 1. The number of carbonyl (C=O) groups excluding carboxylic acids is 2. The van der Waals surface area contributed by atoms with Crippen molar-refractivity contribution in [1.29, 1.82) is 0 Å². The van der Waals surface area contributed by atoms with Gasteiger partial charge in [0.15, 0.2) is 0 Å². The van der Waals surface area contributed by atoms with Gasteiger partial charge in [-0.3, -0.25) is 19.7 Å². The highest BCUT2D eigenvalue weighted by Gasteiger charge is 2.27. The van der Waals surface area contributed by atoms with Gasteiger partial charge in [-0.15, -0.1) is 0 Å². The minimum absolute atomic E-state index is 0.0533. The summed E-state index contributed by atoms with van der Waals surface area (Å²) in [6.45, 7) is 4.63. The van der Waals surface area contributed by atoms with E-state index in [0.29, 0.717) is 32.5 Å². The summed E-state index contributed by atoms with van der Waals surface area (Å²) in [5.41, 5.74) is 0. The van der Waals surface area contributed by atoms with Crippen LogP contribution in [0.15, 0.2) is 0 Å². The van der Waals surface area contributed by atoms with E-state index in [1.807, 2.05) is 0 Å². The Balaban J connectivity index is 2.30. The molecular weight excluding hydrogens is 264 g/mol. The first-order valence-electron chi connectivity index (χ1n) is 6.86. The molecule has 0 aromatic rings. The van der Waals surface area contributed by atoms with Crippen LogP contribution in [0.4, 0.5) is 0 Å². The van der Waals surface area contributed by atoms with E-state index in [0.717, 1.165) is 0 Å². The molecule has 0 saturated carbocycles. The normalized spacial score (nSPS) is 17.6. The molecule has 1 heterocycles. The Morgan fingerprint density at radius 1 is 1.35 bits per heavy atom. The van der Waals surface area contributed by atoms with Crippen LogP contribution in [0.5, 0.6) is 0 Å². The second-order valence-corrected chi connectivity index (χ2v) is 4.85. The number of carboxylic acid groups (broad SMARTS) is 1. The first-order valence-corrected chi connectivity index (χ1v) is 6.86. The van der Waals surface area contributed by atoms with E-state index in [9.17, 15) is 14.4 Å². The summed E-state index contributed by atoms with van der Waals surface area (Å²) in [5, 5.41) is 11.7. The molecular formula is C13H22N2O5. The molecule has 20 heavy (non-hydrogen) atoms. The lowest BCUT2D eigenvalue weighted by Crippen LogP contribution is -2.47. The number of carbonyl (C=O) groups is 3. The number of ether oxygens (including phenoxy) is 1. The second kappa shape index (κ2) is 7.84. The molecule has 2 N–H and O–H groups in total. The molecule has 0 aromatic heterocycles. The van der Waals surface area contributed by atoms with Gasteiger partial charge in [-0.05, 0) is 26.7 Å². The zero-order valence-corrected chi connectivity index (χ0v) is 11.9. The highest BCUT2D eigenvalue weighted by molar-refractivity contribution is 5.80. The monoisotopic (exact) mass is 286 g/mol. The Morgan fingerprint density at radius 2 is 1.95 bits per heavy atom. The molecule has 7 heteroatoms. The third-order valence-corrected chi connectivity index (χ3v) is 3.40. The Bertz CT molecular complexity index is 364. The highest BCUT2D eigenvalue weighted by atomic mass is 16.5. The third kappa shape index (κ3) is 4.80. The summed E-state index contributed by atoms with van der Waals surface area (Å²) >= 11 is 0. The molecule has 114 valence electrons. The molecule has 1 aliphatic heterocycles. The van der Waals surface area contributed by atoms with Gasteiger partial charge in [-0.1, -0.05) is 0 Å². The molecule has 7 nitrogen and oxygen atoms in total. The van der Waals surface area contributed by atoms with E-state index in [4.69, 9.17) is 9.84 Å². The van der Waals surface area contributed by atoms with Crippen LogP contribution in [0.25, 0.3) is 0 Å². The van der Waals surface area contributed by atoms with Gasteiger partial charge in [-0.2, -0.15) is 0 Å². The van der Waals surface area contributed by atoms with Crippen LogP contribution in [0.2, 0.25) is 0 Å². The van der Waals surface area contributed by atoms with Crippen molar-refractivity contribution < 1.29 is 24.2 Å². The summed E-state index contributed by atoms with van der Waals surface area (Å²) in [6, 6.07) is -0.532. The summed E-state index contributed by atoms with van der Waals surface area (Å²) in [7, 11) is 0. The van der Waals surface area contributed by atoms with Crippen LogP contribution in [-0.4, -0.2) is 60.1 Å². The number of piperidine rings is 1. The Kier molecular flexibility index (Phi) is 6.44. The SMILES string of the molecule is CCOC(=O)C(C)NCC(=O)N1CCC(C(=O)O)CC1. The van der Waals surface area contributed by atoms with Crippen molar-refractivity contribution in [3.05, 3.63) is 0 Å². The maximum atomic E-state index is 11.9. The zero-order chi connectivity index (χ0) is 15.1. The van der Waals surface area contributed by atoms with Crippen molar-refractivity contribution in [2.24, 2.45) is 5.92 Å². The maximum Gasteiger partial charge on any atom is 0.322 e. The average Bonchev–Trinajstić information content (AvgIpc) is 2.44. The quantitative estimate of drug-likeness (QED) is 0.659.